The lowest BCUT2D eigenvalue weighted by Gasteiger charge is -2.07. The summed E-state index contributed by atoms with van der Waals surface area (Å²) in [7, 11) is 0. The molecule has 1 amide bonds. The Bertz CT molecular complexity index is 1370. The molecule has 0 saturated carbocycles. The van der Waals surface area contributed by atoms with E-state index in [4.69, 9.17) is 9.84 Å². The molecule has 2 N–H and O–H groups in total. The van der Waals surface area contributed by atoms with E-state index in [2.05, 4.69) is 25.7 Å². The normalized spacial score (nSPS) is 12.1. The van der Waals surface area contributed by atoms with Gasteiger partial charge in [-0.2, -0.15) is 4.80 Å². The maximum Gasteiger partial charge on any atom is 0.335 e. The van der Waals surface area contributed by atoms with Gasteiger partial charge in [0.05, 0.1) is 18.7 Å². The molecule has 0 bridgehead atoms. The highest BCUT2D eigenvalue weighted by Crippen LogP contribution is 2.25. The fourth-order valence-electron chi connectivity index (χ4n) is 3.66. The summed E-state index contributed by atoms with van der Waals surface area (Å²) in [6, 6.07) is 15.7. The minimum absolute atomic E-state index is 0.212. The minimum atomic E-state index is -0.980. The van der Waals surface area contributed by atoms with Crippen LogP contribution >= 0.6 is 0 Å². The van der Waals surface area contributed by atoms with Gasteiger partial charge in [0.1, 0.15) is 11.4 Å². The molecule has 10 nitrogen and oxygen atoms in total. The number of carbonyl (C=O) groups is 2. The van der Waals surface area contributed by atoms with Crippen molar-refractivity contribution in [3.8, 4) is 17.1 Å². The molecule has 0 unspecified atom stereocenters. The van der Waals surface area contributed by atoms with Gasteiger partial charge in [0.25, 0.3) is 5.91 Å². The van der Waals surface area contributed by atoms with Crippen LogP contribution < -0.4 is 10.1 Å². The lowest BCUT2D eigenvalue weighted by atomic mass is 10.1. The zero-order valence-electron chi connectivity index (χ0n) is 18.0. The quantitative estimate of drug-likeness (QED) is 0.433. The van der Waals surface area contributed by atoms with E-state index in [0.29, 0.717) is 31.1 Å². The number of nitrogens with one attached hydrogen (secondary N) is 1. The molecule has 0 radical (unpaired) electrons. The number of rotatable bonds is 7. The summed E-state index contributed by atoms with van der Waals surface area (Å²) >= 11 is 0. The van der Waals surface area contributed by atoms with Crippen molar-refractivity contribution in [2.24, 2.45) is 0 Å². The first-order valence-electron chi connectivity index (χ1n) is 10.6. The Labute approximate surface area is 194 Å². The molecule has 170 valence electrons. The predicted molar refractivity (Wildman–Crippen MR) is 120 cm³/mol. The fraction of sp³-hybridized carbons (Fsp3) is 0.167. The fourth-order valence-corrected chi connectivity index (χ4v) is 3.66. The van der Waals surface area contributed by atoms with E-state index in [1.165, 1.54) is 23.1 Å². The van der Waals surface area contributed by atoms with Crippen molar-refractivity contribution in [2.45, 2.75) is 19.5 Å². The average Bonchev–Trinajstić information content (AvgIpc) is 3.52. The first-order chi connectivity index (χ1) is 16.5. The molecule has 1 aliphatic rings. The van der Waals surface area contributed by atoms with E-state index < -0.39 is 5.97 Å². The summed E-state index contributed by atoms with van der Waals surface area (Å²) < 4.78 is 5.51. The maximum absolute atomic E-state index is 12.7. The zero-order valence-corrected chi connectivity index (χ0v) is 18.0. The molecular formula is C24H20N6O4. The number of pyridine rings is 1. The highest BCUT2D eigenvalue weighted by molar-refractivity contribution is 5.93. The number of aromatic carboxylic acids is 1. The van der Waals surface area contributed by atoms with Gasteiger partial charge < -0.3 is 15.2 Å². The van der Waals surface area contributed by atoms with Gasteiger partial charge in [-0.15, -0.1) is 10.2 Å². The highest BCUT2D eigenvalue weighted by atomic mass is 16.5. The van der Waals surface area contributed by atoms with Crippen molar-refractivity contribution >= 4 is 11.9 Å². The van der Waals surface area contributed by atoms with E-state index in [1.54, 1.807) is 24.3 Å². The molecule has 0 spiro atoms. The second kappa shape index (κ2) is 9.10. The maximum atomic E-state index is 12.7. The molecule has 2 aromatic carbocycles. The number of benzene rings is 2. The van der Waals surface area contributed by atoms with E-state index in [1.807, 2.05) is 18.2 Å². The first-order valence-corrected chi connectivity index (χ1v) is 10.6. The van der Waals surface area contributed by atoms with E-state index in [-0.39, 0.29) is 17.2 Å². The molecule has 0 aliphatic carbocycles. The first kappa shape index (κ1) is 21.3. The van der Waals surface area contributed by atoms with Crippen molar-refractivity contribution in [1.29, 1.82) is 0 Å². The van der Waals surface area contributed by atoms with Crippen molar-refractivity contribution in [3.63, 3.8) is 0 Å². The molecule has 0 saturated heterocycles. The number of aromatic nitrogens is 5. The van der Waals surface area contributed by atoms with Gasteiger partial charge in [-0.05, 0) is 52.2 Å². The standard InChI is InChI=1S/C24H20N6O4/c31-23(26-13-16-3-6-21-18(11-16)8-10-34-21)20-12-19(7-9-25-20)22-27-29-30(28-22)14-15-1-4-17(5-2-15)24(32)33/h1-7,9,11-12H,8,10,13-14H2,(H,26,31)(H,32,33). The van der Waals surface area contributed by atoms with Crippen LogP contribution in [0.5, 0.6) is 5.75 Å². The molecule has 0 atom stereocenters. The number of carboxylic acids is 1. The third-order valence-electron chi connectivity index (χ3n) is 5.44. The molecule has 2 aromatic heterocycles. The predicted octanol–water partition coefficient (Wildman–Crippen LogP) is 2.35. The summed E-state index contributed by atoms with van der Waals surface area (Å²) in [6.45, 7) is 1.40. The van der Waals surface area contributed by atoms with Gasteiger partial charge >= 0.3 is 5.97 Å². The molecule has 5 rings (SSSR count). The van der Waals surface area contributed by atoms with E-state index in [9.17, 15) is 9.59 Å². The number of hydrogen-bond donors (Lipinski definition) is 2. The van der Waals surface area contributed by atoms with Crippen LogP contribution in [0.15, 0.2) is 60.8 Å². The molecule has 1 aliphatic heterocycles. The molecular weight excluding hydrogens is 436 g/mol. The third-order valence-corrected chi connectivity index (χ3v) is 5.44. The lowest BCUT2D eigenvalue weighted by molar-refractivity contribution is 0.0696. The third kappa shape index (κ3) is 4.60. The van der Waals surface area contributed by atoms with Gasteiger partial charge in [0.15, 0.2) is 0 Å². The van der Waals surface area contributed by atoms with Gasteiger partial charge in [0.2, 0.25) is 5.82 Å². The molecule has 4 aromatic rings. The van der Waals surface area contributed by atoms with Crippen LogP contribution in [0, 0.1) is 0 Å². The van der Waals surface area contributed by atoms with Crippen LogP contribution in [-0.4, -0.2) is 48.8 Å². The number of fused-ring (bicyclic) bond motifs is 1. The van der Waals surface area contributed by atoms with Crippen molar-refractivity contribution < 1.29 is 19.4 Å². The van der Waals surface area contributed by atoms with Gasteiger partial charge in [0, 0.05) is 24.7 Å². The Balaban J connectivity index is 1.24. The second-order valence-corrected chi connectivity index (χ2v) is 7.80. The van der Waals surface area contributed by atoms with Crippen molar-refractivity contribution in [2.75, 3.05) is 6.61 Å². The Hall–Kier alpha value is -4.60. The summed E-state index contributed by atoms with van der Waals surface area (Å²) in [5.74, 6) is -0.0175. The van der Waals surface area contributed by atoms with Crippen LogP contribution in [0.2, 0.25) is 0 Å². The summed E-state index contributed by atoms with van der Waals surface area (Å²) in [5.41, 5.74) is 4.06. The smallest absolute Gasteiger partial charge is 0.335 e. The number of carbonyl (C=O) groups excluding carboxylic acids is 1. The van der Waals surface area contributed by atoms with Crippen LogP contribution in [0.3, 0.4) is 0 Å². The summed E-state index contributed by atoms with van der Waals surface area (Å²) in [5, 5.41) is 24.4. The topological polar surface area (TPSA) is 132 Å². The number of ether oxygens (including phenoxy) is 1. The van der Waals surface area contributed by atoms with Gasteiger partial charge in [-0.25, -0.2) is 4.79 Å². The zero-order chi connectivity index (χ0) is 23.5. The lowest BCUT2D eigenvalue weighted by Crippen LogP contribution is -2.23. The Morgan fingerprint density at radius 2 is 1.88 bits per heavy atom. The number of tetrazole rings is 1. The number of hydrogen-bond acceptors (Lipinski definition) is 7. The largest absolute Gasteiger partial charge is 0.493 e. The number of amides is 1. The minimum Gasteiger partial charge on any atom is -0.493 e. The van der Waals surface area contributed by atoms with Gasteiger partial charge in [-0.1, -0.05) is 24.3 Å². The Kier molecular flexibility index (Phi) is 5.69. The van der Waals surface area contributed by atoms with Crippen molar-refractivity contribution in [3.05, 3.63) is 88.7 Å². The van der Waals surface area contributed by atoms with E-state index >= 15 is 0 Å². The van der Waals surface area contributed by atoms with Crippen molar-refractivity contribution in [1.82, 2.24) is 30.5 Å². The van der Waals surface area contributed by atoms with Crippen LogP contribution in [-0.2, 0) is 19.5 Å². The Morgan fingerprint density at radius 1 is 1.06 bits per heavy atom. The van der Waals surface area contributed by atoms with Crippen LogP contribution in [0.4, 0.5) is 0 Å². The average molecular weight is 456 g/mol. The van der Waals surface area contributed by atoms with Crippen LogP contribution in [0.1, 0.15) is 37.5 Å². The number of carboxylic acid groups (broad SMARTS) is 1. The molecule has 10 heteroatoms. The molecule has 34 heavy (non-hydrogen) atoms. The van der Waals surface area contributed by atoms with E-state index in [0.717, 1.165) is 28.9 Å². The van der Waals surface area contributed by atoms with Crippen LogP contribution in [0.25, 0.3) is 11.4 Å². The monoisotopic (exact) mass is 456 g/mol. The van der Waals surface area contributed by atoms with Gasteiger partial charge in [-0.3, -0.25) is 9.78 Å². The SMILES string of the molecule is O=C(O)c1ccc(Cn2nnc(-c3ccnc(C(=O)NCc4ccc5c(c4)CCO5)c3)n2)cc1. The molecule has 0 fully saturated rings. The Morgan fingerprint density at radius 3 is 2.71 bits per heavy atom. The highest BCUT2D eigenvalue weighted by Gasteiger charge is 2.14. The second-order valence-electron chi connectivity index (χ2n) is 7.80. The summed E-state index contributed by atoms with van der Waals surface area (Å²) in [6.07, 6.45) is 2.41. The summed E-state index contributed by atoms with van der Waals surface area (Å²) in [4.78, 5) is 29.2. The molecule has 3 heterocycles. The number of nitrogens with zero attached hydrogens (tertiary/aromatic N) is 5.